The van der Waals surface area contributed by atoms with E-state index in [0.29, 0.717) is 0 Å². The standard InChI is InChI=1S/C18H26N2O6S/c1-13-7-6-8-14(11-13)27(23,24)20-10-9-19(12-15(20)16(21)25-5)17(22)26-18(2,3)4/h6-8,11,15H,9-10,12H2,1-5H3. The van der Waals surface area contributed by atoms with Crippen molar-refractivity contribution < 1.29 is 27.5 Å². The Kier molecular flexibility index (Phi) is 6.16. The molecule has 1 saturated heterocycles. The highest BCUT2D eigenvalue weighted by Gasteiger charge is 2.42. The van der Waals surface area contributed by atoms with E-state index in [0.717, 1.165) is 9.87 Å². The Morgan fingerprint density at radius 2 is 1.85 bits per heavy atom. The van der Waals surface area contributed by atoms with Gasteiger partial charge in [-0.3, -0.25) is 4.79 Å². The number of methoxy groups -OCH3 is 1. The Bertz CT molecular complexity index is 815. The highest BCUT2D eigenvalue weighted by Crippen LogP contribution is 2.24. The van der Waals surface area contributed by atoms with E-state index in [-0.39, 0.29) is 24.5 Å². The zero-order chi connectivity index (χ0) is 20.4. The highest BCUT2D eigenvalue weighted by atomic mass is 32.2. The number of benzene rings is 1. The Labute approximate surface area is 160 Å². The van der Waals surface area contributed by atoms with Crippen LogP contribution in [0.5, 0.6) is 0 Å². The summed E-state index contributed by atoms with van der Waals surface area (Å²) in [7, 11) is -2.73. The van der Waals surface area contributed by atoms with Gasteiger partial charge in [-0.1, -0.05) is 12.1 Å². The maximum absolute atomic E-state index is 13.1. The number of carbonyl (C=O) groups is 2. The van der Waals surface area contributed by atoms with Crippen molar-refractivity contribution in [2.45, 2.75) is 44.2 Å². The van der Waals surface area contributed by atoms with Crippen LogP contribution in [-0.2, 0) is 24.3 Å². The van der Waals surface area contributed by atoms with Gasteiger partial charge in [-0.2, -0.15) is 4.31 Å². The molecule has 1 amide bonds. The number of rotatable bonds is 3. The third-order valence-electron chi connectivity index (χ3n) is 4.05. The molecule has 1 heterocycles. The van der Waals surface area contributed by atoms with Crippen LogP contribution in [0.4, 0.5) is 4.79 Å². The fraction of sp³-hybridized carbons (Fsp3) is 0.556. The van der Waals surface area contributed by atoms with E-state index in [1.807, 2.05) is 0 Å². The molecule has 0 saturated carbocycles. The molecule has 1 fully saturated rings. The first-order valence-corrected chi connectivity index (χ1v) is 10.0. The molecule has 0 radical (unpaired) electrons. The minimum absolute atomic E-state index is 0.0325. The molecule has 150 valence electrons. The Balaban J connectivity index is 2.30. The molecule has 2 rings (SSSR count). The smallest absolute Gasteiger partial charge is 0.410 e. The Morgan fingerprint density at radius 1 is 1.19 bits per heavy atom. The fourth-order valence-electron chi connectivity index (χ4n) is 2.79. The largest absolute Gasteiger partial charge is 0.468 e. The van der Waals surface area contributed by atoms with Crippen LogP contribution in [0.1, 0.15) is 26.3 Å². The van der Waals surface area contributed by atoms with Gasteiger partial charge in [0, 0.05) is 13.1 Å². The van der Waals surface area contributed by atoms with Crippen molar-refractivity contribution in [3.63, 3.8) is 0 Å². The molecule has 1 unspecified atom stereocenters. The van der Waals surface area contributed by atoms with E-state index in [1.54, 1.807) is 45.9 Å². The number of esters is 1. The van der Waals surface area contributed by atoms with E-state index in [1.165, 1.54) is 18.1 Å². The molecule has 0 spiro atoms. The average Bonchev–Trinajstić information content (AvgIpc) is 2.59. The van der Waals surface area contributed by atoms with Crippen molar-refractivity contribution in [3.05, 3.63) is 29.8 Å². The third kappa shape index (κ3) is 4.98. The summed E-state index contributed by atoms with van der Waals surface area (Å²) in [5, 5.41) is 0. The van der Waals surface area contributed by atoms with Crippen LogP contribution >= 0.6 is 0 Å². The number of ether oxygens (including phenoxy) is 2. The molecule has 0 aliphatic carbocycles. The van der Waals surface area contributed by atoms with Crippen molar-refractivity contribution in [1.82, 2.24) is 9.21 Å². The molecule has 1 aromatic carbocycles. The molecule has 1 aliphatic heterocycles. The van der Waals surface area contributed by atoms with Gasteiger partial charge in [0.2, 0.25) is 10.0 Å². The van der Waals surface area contributed by atoms with Crippen molar-refractivity contribution in [1.29, 1.82) is 0 Å². The normalized spacial score (nSPS) is 18.9. The van der Waals surface area contributed by atoms with Gasteiger partial charge in [-0.15, -0.1) is 0 Å². The minimum Gasteiger partial charge on any atom is -0.468 e. The molecule has 1 aliphatic rings. The van der Waals surface area contributed by atoms with Gasteiger partial charge in [-0.25, -0.2) is 13.2 Å². The lowest BCUT2D eigenvalue weighted by molar-refractivity contribution is -0.146. The lowest BCUT2D eigenvalue weighted by Crippen LogP contribution is -2.59. The van der Waals surface area contributed by atoms with Crippen molar-refractivity contribution in [3.8, 4) is 0 Å². The molecular formula is C18H26N2O6S. The van der Waals surface area contributed by atoms with Gasteiger partial charge in [0.05, 0.1) is 18.6 Å². The summed E-state index contributed by atoms with van der Waals surface area (Å²) in [4.78, 5) is 26.0. The molecule has 0 N–H and O–H groups in total. The van der Waals surface area contributed by atoms with Crippen LogP contribution in [-0.4, -0.2) is 68.1 Å². The van der Waals surface area contributed by atoms with E-state index in [4.69, 9.17) is 9.47 Å². The molecule has 8 nitrogen and oxygen atoms in total. The summed E-state index contributed by atoms with van der Waals surface area (Å²) < 4.78 is 37.3. The van der Waals surface area contributed by atoms with Crippen LogP contribution in [0.15, 0.2) is 29.2 Å². The van der Waals surface area contributed by atoms with Gasteiger partial charge in [-0.05, 0) is 45.4 Å². The van der Waals surface area contributed by atoms with E-state index < -0.39 is 33.7 Å². The lowest BCUT2D eigenvalue weighted by atomic mass is 10.2. The first-order chi connectivity index (χ1) is 12.5. The Hall–Kier alpha value is -2.13. The average molecular weight is 398 g/mol. The van der Waals surface area contributed by atoms with Gasteiger partial charge < -0.3 is 14.4 Å². The zero-order valence-electron chi connectivity index (χ0n) is 16.3. The molecule has 9 heteroatoms. The maximum atomic E-state index is 13.1. The van der Waals surface area contributed by atoms with Gasteiger partial charge in [0.15, 0.2) is 0 Å². The highest BCUT2D eigenvalue weighted by molar-refractivity contribution is 7.89. The zero-order valence-corrected chi connectivity index (χ0v) is 17.1. The fourth-order valence-corrected chi connectivity index (χ4v) is 4.45. The van der Waals surface area contributed by atoms with Crippen molar-refractivity contribution in [2.24, 2.45) is 0 Å². The SMILES string of the molecule is COC(=O)C1CN(C(=O)OC(C)(C)C)CCN1S(=O)(=O)c1cccc(C)c1. The third-order valence-corrected chi connectivity index (χ3v) is 5.96. The second-order valence-electron chi connectivity index (χ2n) is 7.40. The number of aryl methyl sites for hydroxylation is 1. The summed E-state index contributed by atoms with van der Waals surface area (Å²) in [6.07, 6.45) is -0.594. The molecule has 27 heavy (non-hydrogen) atoms. The second kappa shape index (κ2) is 7.85. The van der Waals surface area contributed by atoms with Crippen LogP contribution in [0.25, 0.3) is 0 Å². The Morgan fingerprint density at radius 3 is 2.41 bits per heavy atom. The maximum Gasteiger partial charge on any atom is 0.410 e. The van der Waals surface area contributed by atoms with Crippen LogP contribution < -0.4 is 0 Å². The molecule has 1 atom stereocenters. The van der Waals surface area contributed by atoms with Gasteiger partial charge in [0.1, 0.15) is 11.6 Å². The van der Waals surface area contributed by atoms with E-state index in [9.17, 15) is 18.0 Å². The first kappa shape index (κ1) is 21.2. The van der Waals surface area contributed by atoms with Gasteiger partial charge in [0.25, 0.3) is 0 Å². The van der Waals surface area contributed by atoms with E-state index in [2.05, 4.69) is 0 Å². The van der Waals surface area contributed by atoms with Crippen LogP contribution in [0, 0.1) is 6.92 Å². The number of amides is 1. The summed E-state index contributed by atoms with van der Waals surface area (Å²) in [6, 6.07) is 5.33. The summed E-state index contributed by atoms with van der Waals surface area (Å²) in [5.74, 6) is -0.723. The second-order valence-corrected chi connectivity index (χ2v) is 9.29. The van der Waals surface area contributed by atoms with E-state index >= 15 is 0 Å². The summed E-state index contributed by atoms with van der Waals surface area (Å²) in [6.45, 7) is 6.95. The molecular weight excluding hydrogens is 372 g/mol. The number of hydrogen-bond donors (Lipinski definition) is 0. The number of hydrogen-bond acceptors (Lipinski definition) is 6. The number of nitrogens with zero attached hydrogens (tertiary/aromatic N) is 2. The van der Waals surface area contributed by atoms with Crippen molar-refractivity contribution >= 4 is 22.1 Å². The van der Waals surface area contributed by atoms with Gasteiger partial charge >= 0.3 is 12.1 Å². The van der Waals surface area contributed by atoms with Crippen molar-refractivity contribution in [2.75, 3.05) is 26.7 Å². The molecule has 0 aromatic heterocycles. The lowest BCUT2D eigenvalue weighted by Gasteiger charge is -2.39. The topological polar surface area (TPSA) is 93.2 Å². The number of sulfonamides is 1. The number of carbonyl (C=O) groups excluding carboxylic acids is 2. The predicted octanol–water partition coefficient (Wildman–Crippen LogP) is 1.78. The summed E-state index contributed by atoms with van der Waals surface area (Å²) >= 11 is 0. The molecule has 0 bridgehead atoms. The minimum atomic E-state index is -3.92. The summed E-state index contributed by atoms with van der Waals surface area (Å²) in [5.41, 5.74) is 0.0980. The quantitative estimate of drug-likeness (QED) is 0.721. The van der Waals surface area contributed by atoms with Crippen LogP contribution in [0.3, 0.4) is 0 Å². The predicted molar refractivity (Wildman–Crippen MR) is 98.7 cm³/mol. The number of piperazine rings is 1. The first-order valence-electron chi connectivity index (χ1n) is 8.60. The monoisotopic (exact) mass is 398 g/mol. The van der Waals surface area contributed by atoms with Crippen LogP contribution in [0.2, 0.25) is 0 Å². The molecule has 1 aromatic rings.